The Morgan fingerprint density at radius 3 is 2.61 bits per heavy atom. The normalized spacial score (nSPS) is 16.9. The number of rotatable bonds is 4. The Morgan fingerprint density at radius 1 is 1.00 bits per heavy atom. The highest BCUT2D eigenvalue weighted by Gasteiger charge is 2.36. The first-order valence-corrected chi connectivity index (χ1v) is 11.4. The largest absolute Gasteiger partial charge is 0.454 e. The van der Waals surface area contributed by atoms with Gasteiger partial charge in [-0.2, -0.15) is 4.98 Å². The number of urea groups is 1. The summed E-state index contributed by atoms with van der Waals surface area (Å²) in [4.78, 5) is 19.3. The fourth-order valence-electron chi connectivity index (χ4n) is 4.43. The Bertz CT molecular complexity index is 1520. The summed E-state index contributed by atoms with van der Waals surface area (Å²) in [5.41, 5.74) is 3.59. The molecule has 1 unspecified atom stereocenters. The van der Waals surface area contributed by atoms with Gasteiger partial charge in [0.2, 0.25) is 12.6 Å². The number of fused-ring (bicyclic) bond motifs is 1. The van der Waals surface area contributed by atoms with Crippen LogP contribution >= 0.6 is 0 Å². The zero-order valence-corrected chi connectivity index (χ0v) is 19.5. The average molecular weight is 484 g/mol. The molecule has 180 valence electrons. The van der Waals surface area contributed by atoms with E-state index in [1.54, 1.807) is 38.1 Å². The minimum absolute atomic E-state index is 0.163. The molecule has 2 aliphatic heterocycles. The zero-order chi connectivity index (χ0) is 24.8. The molecule has 9 heteroatoms. The lowest BCUT2D eigenvalue weighted by atomic mass is 9.94. The molecule has 1 aromatic heterocycles. The van der Waals surface area contributed by atoms with Crippen molar-refractivity contribution in [3.8, 4) is 22.9 Å². The molecule has 0 aliphatic carbocycles. The molecule has 4 aromatic rings. The molecular formula is C27H21FN4O4. The molecule has 36 heavy (non-hydrogen) atoms. The second-order valence-electron chi connectivity index (χ2n) is 8.55. The van der Waals surface area contributed by atoms with E-state index in [-0.39, 0.29) is 18.7 Å². The Morgan fingerprint density at radius 2 is 1.81 bits per heavy atom. The topological polar surface area (TPSA) is 89.7 Å². The third-order valence-corrected chi connectivity index (χ3v) is 6.32. The molecule has 0 saturated carbocycles. The Balaban J connectivity index is 1.47. The van der Waals surface area contributed by atoms with Crippen molar-refractivity contribution in [3.05, 3.63) is 95.3 Å². The summed E-state index contributed by atoms with van der Waals surface area (Å²) in [7, 11) is 0. The molecule has 1 atom stereocenters. The number of halogens is 1. The Kier molecular flexibility index (Phi) is 5.18. The van der Waals surface area contributed by atoms with E-state index in [4.69, 9.17) is 14.0 Å². The first-order valence-electron chi connectivity index (χ1n) is 11.4. The number of nitrogens with one attached hydrogen (secondary N) is 1. The minimum Gasteiger partial charge on any atom is -0.454 e. The quantitative estimate of drug-likeness (QED) is 0.405. The van der Waals surface area contributed by atoms with E-state index in [1.807, 2.05) is 36.4 Å². The number of aryl methyl sites for hydroxylation is 1. The average Bonchev–Trinajstić information content (AvgIpc) is 3.56. The lowest BCUT2D eigenvalue weighted by Gasteiger charge is -2.35. The van der Waals surface area contributed by atoms with Crippen LogP contribution in [0.15, 0.2) is 77.0 Å². The van der Waals surface area contributed by atoms with Crippen molar-refractivity contribution < 1.29 is 23.2 Å². The van der Waals surface area contributed by atoms with Crippen LogP contribution in [0.4, 0.5) is 14.9 Å². The van der Waals surface area contributed by atoms with E-state index in [0.717, 1.165) is 5.56 Å². The molecule has 0 spiro atoms. The van der Waals surface area contributed by atoms with Gasteiger partial charge in [0, 0.05) is 11.3 Å². The lowest BCUT2D eigenvalue weighted by Crippen LogP contribution is -2.46. The minimum atomic E-state index is -0.546. The fraction of sp³-hybridized carbons (Fsp3) is 0.148. The van der Waals surface area contributed by atoms with Crippen molar-refractivity contribution in [2.24, 2.45) is 0 Å². The van der Waals surface area contributed by atoms with Gasteiger partial charge >= 0.3 is 6.03 Å². The SMILES string of the molecule is CC1=C(c2nc(-c3ccc4c(c3)OCO4)no2)C(c2ccccc2)NC(=O)N1c1ccc(C)c(F)c1. The van der Waals surface area contributed by atoms with Gasteiger partial charge in [-0.1, -0.05) is 41.6 Å². The summed E-state index contributed by atoms with van der Waals surface area (Å²) in [5.74, 6) is 1.46. The molecule has 2 aliphatic rings. The summed E-state index contributed by atoms with van der Waals surface area (Å²) in [6.07, 6.45) is 0. The summed E-state index contributed by atoms with van der Waals surface area (Å²) in [5, 5.41) is 7.20. The number of ether oxygens (including phenoxy) is 2. The van der Waals surface area contributed by atoms with Gasteiger partial charge in [0.1, 0.15) is 5.82 Å². The van der Waals surface area contributed by atoms with Gasteiger partial charge < -0.3 is 19.3 Å². The van der Waals surface area contributed by atoms with Gasteiger partial charge in [-0.05, 0) is 55.3 Å². The molecule has 0 fully saturated rings. The highest BCUT2D eigenvalue weighted by atomic mass is 19.1. The van der Waals surface area contributed by atoms with Crippen LogP contribution in [0, 0.1) is 12.7 Å². The van der Waals surface area contributed by atoms with Gasteiger partial charge in [0.15, 0.2) is 11.5 Å². The standard InChI is InChI=1S/C27H21FN4O4/c1-15-8-10-19(13-20(15)28)32-16(2)23(24(29-27(32)33)17-6-4-3-5-7-17)26-30-25(31-36-26)18-9-11-21-22(12-18)35-14-34-21/h3-13,24H,14H2,1-2H3,(H,29,33). The van der Waals surface area contributed by atoms with Crippen LogP contribution in [0.1, 0.15) is 30.0 Å². The molecule has 2 amide bonds. The van der Waals surface area contributed by atoms with Crippen molar-refractivity contribution >= 4 is 17.3 Å². The Hall–Kier alpha value is -4.66. The first-order chi connectivity index (χ1) is 17.5. The highest BCUT2D eigenvalue weighted by Crippen LogP contribution is 2.40. The molecule has 6 rings (SSSR count). The molecule has 1 N–H and O–H groups in total. The second kappa shape index (κ2) is 8.53. The second-order valence-corrected chi connectivity index (χ2v) is 8.55. The van der Waals surface area contributed by atoms with Crippen LogP contribution < -0.4 is 19.7 Å². The smallest absolute Gasteiger partial charge is 0.327 e. The molecule has 0 saturated heterocycles. The third-order valence-electron chi connectivity index (χ3n) is 6.32. The molecule has 3 heterocycles. The predicted molar refractivity (Wildman–Crippen MR) is 130 cm³/mol. The van der Waals surface area contributed by atoms with E-state index >= 15 is 0 Å². The van der Waals surface area contributed by atoms with Crippen molar-refractivity contribution in [1.82, 2.24) is 15.5 Å². The van der Waals surface area contributed by atoms with Crippen LogP contribution in [0.3, 0.4) is 0 Å². The maximum Gasteiger partial charge on any atom is 0.327 e. The number of hydrogen-bond acceptors (Lipinski definition) is 6. The lowest BCUT2D eigenvalue weighted by molar-refractivity contribution is 0.174. The van der Waals surface area contributed by atoms with Crippen molar-refractivity contribution in [2.45, 2.75) is 19.9 Å². The summed E-state index contributed by atoms with van der Waals surface area (Å²) in [6, 6.07) is 18.7. The maximum atomic E-state index is 14.4. The number of aromatic nitrogens is 2. The monoisotopic (exact) mass is 484 g/mol. The van der Waals surface area contributed by atoms with Gasteiger partial charge in [0.05, 0.1) is 17.3 Å². The molecular weight excluding hydrogens is 463 g/mol. The number of hydrogen-bond donors (Lipinski definition) is 1. The van der Waals surface area contributed by atoms with Crippen LogP contribution in [-0.2, 0) is 0 Å². The van der Waals surface area contributed by atoms with Crippen molar-refractivity contribution in [1.29, 1.82) is 0 Å². The van der Waals surface area contributed by atoms with Crippen LogP contribution in [0.2, 0.25) is 0 Å². The third kappa shape index (κ3) is 3.65. The highest BCUT2D eigenvalue weighted by molar-refractivity contribution is 6.01. The molecule has 0 radical (unpaired) electrons. The zero-order valence-electron chi connectivity index (χ0n) is 19.5. The van der Waals surface area contributed by atoms with E-state index in [2.05, 4.69) is 15.5 Å². The summed E-state index contributed by atoms with van der Waals surface area (Å²) < 4.78 is 31.0. The van der Waals surface area contributed by atoms with Crippen molar-refractivity contribution in [3.63, 3.8) is 0 Å². The van der Waals surface area contributed by atoms with E-state index < -0.39 is 11.9 Å². The summed E-state index contributed by atoms with van der Waals surface area (Å²) in [6.45, 7) is 3.62. The van der Waals surface area contributed by atoms with Crippen LogP contribution in [0.5, 0.6) is 11.5 Å². The van der Waals surface area contributed by atoms with Crippen LogP contribution in [0.25, 0.3) is 17.0 Å². The van der Waals surface area contributed by atoms with Gasteiger partial charge in [-0.25, -0.2) is 9.18 Å². The fourth-order valence-corrected chi connectivity index (χ4v) is 4.43. The number of anilines is 1. The number of carbonyl (C=O) groups is 1. The summed E-state index contributed by atoms with van der Waals surface area (Å²) >= 11 is 0. The van der Waals surface area contributed by atoms with Gasteiger partial charge in [0.25, 0.3) is 5.89 Å². The Labute approximate surface area is 206 Å². The number of nitrogens with zero attached hydrogens (tertiary/aromatic N) is 3. The first kappa shape index (κ1) is 21.8. The van der Waals surface area contributed by atoms with Crippen LogP contribution in [-0.4, -0.2) is 23.0 Å². The molecule has 3 aromatic carbocycles. The van der Waals surface area contributed by atoms with Gasteiger partial charge in [-0.3, -0.25) is 4.90 Å². The van der Waals surface area contributed by atoms with Crippen molar-refractivity contribution in [2.75, 3.05) is 11.7 Å². The maximum absolute atomic E-state index is 14.4. The number of benzene rings is 3. The number of carbonyl (C=O) groups excluding carboxylic acids is 1. The van der Waals surface area contributed by atoms with E-state index in [1.165, 1.54) is 11.0 Å². The molecule has 0 bridgehead atoms. The van der Waals surface area contributed by atoms with Gasteiger partial charge in [-0.15, -0.1) is 0 Å². The van der Waals surface area contributed by atoms with E-state index in [9.17, 15) is 9.18 Å². The molecule has 8 nitrogen and oxygen atoms in total. The number of allylic oxidation sites excluding steroid dienone is 1. The van der Waals surface area contributed by atoms with E-state index in [0.29, 0.717) is 45.4 Å². The number of amides is 2. The predicted octanol–water partition coefficient (Wildman–Crippen LogP) is 5.61.